The van der Waals surface area contributed by atoms with E-state index in [0.29, 0.717) is 5.56 Å². The summed E-state index contributed by atoms with van der Waals surface area (Å²) in [5.74, 6) is 1.63. The van der Waals surface area contributed by atoms with Crippen molar-refractivity contribution in [1.82, 2.24) is 15.0 Å². The fourth-order valence-corrected chi connectivity index (χ4v) is 2.02. The van der Waals surface area contributed by atoms with Gasteiger partial charge in [-0.3, -0.25) is 0 Å². The largest absolute Gasteiger partial charge is 0.360 e. The standard InChI is InChI=1S/C14H17N5/c1-8-5-13(18-10(3)12(8)6-15)19-11(4)14-16-7-9(2)17-14/h5,7,11H,1-4H3,(H,16,17)(H,18,19). The fraction of sp³-hybridized carbons (Fsp3) is 0.357. The Morgan fingerprint density at radius 1 is 1.37 bits per heavy atom. The van der Waals surface area contributed by atoms with E-state index in [1.807, 2.05) is 33.8 Å². The number of hydrogen-bond donors (Lipinski definition) is 2. The van der Waals surface area contributed by atoms with Gasteiger partial charge in [-0.1, -0.05) is 0 Å². The summed E-state index contributed by atoms with van der Waals surface area (Å²) in [4.78, 5) is 11.9. The Hall–Kier alpha value is -2.35. The quantitative estimate of drug-likeness (QED) is 0.884. The highest BCUT2D eigenvalue weighted by Gasteiger charge is 2.11. The molecule has 0 bridgehead atoms. The highest BCUT2D eigenvalue weighted by molar-refractivity contribution is 5.49. The molecule has 0 radical (unpaired) electrons. The summed E-state index contributed by atoms with van der Waals surface area (Å²) in [5.41, 5.74) is 3.35. The SMILES string of the molecule is Cc1cnc(C(C)Nc2cc(C)c(C#N)c(C)n2)[nH]1. The molecule has 0 saturated heterocycles. The Morgan fingerprint density at radius 3 is 2.63 bits per heavy atom. The number of pyridine rings is 1. The van der Waals surface area contributed by atoms with Crippen LogP contribution in [0.5, 0.6) is 0 Å². The van der Waals surface area contributed by atoms with Crippen molar-refractivity contribution in [3.8, 4) is 6.07 Å². The van der Waals surface area contributed by atoms with Crippen LogP contribution in [0.25, 0.3) is 0 Å². The number of rotatable bonds is 3. The third-order valence-corrected chi connectivity index (χ3v) is 3.01. The van der Waals surface area contributed by atoms with E-state index in [2.05, 4.69) is 26.3 Å². The fourth-order valence-electron chi connectivity index (χ4n) is 2.02. The van der Waals surface area contributed by atoms with E-state index in [9.17, 15) is 0 Å². The van der Waals surface area contributed by atoms with Crippen molar-refractivity contribution in [3.05, 3.63) is 40.6 Å². The third kappa shape index (κ3) is 2.74. The van der Waals surface area contributed by atoms with Crippen LogP contribution >= 0.6 is 0 Å². The maximum absolute atomic E-state index is 9.03. The highest BCUT2D eigenvalue weighted by Crippen LogP contribution is 2.19. The second kappa shape index (κ2) is 5.11. The zero-order valence-corrected chi connectivity index (χ0v) is 11.6. The van der Waals surface area contributed by atoms with E-state index >= 15 is 0 Å². The second-order valence-corrected chi connectivity index (χ2v) is 4.71. The number of aromatic amines is 1. The first-order valence-electron chi connectivity index (χ1n) is 6.17. The molecule has 0 aliphatic carbocycles. The Bertz CT molecular complexity index is 613. The number of nitrogens with zero attached hydrogens (tertiary/aromatic N) is 3. The number of aromatic nitrogens is 3. The molecule has 0 aromatic carbocycles. The van der Waals surface area contributed by atoms with E-state index < -0.39 is 0 Å². The molecule has 0 fully saturated rings. The summed E-state index contributed by atoms with van der Waals surface area (Å²) in [6.07, 6.45) is 1.80. The van der Waals surface area contributed by atoms with Crippen molar-refractivity contribution in [2.24, 2.45) is 0 Å². The number of anilines is 1. The van der Waals surface area contributed by atoms with Crippen LogP contribution in [0, 0.1) is 32.1 Å². The number of H-pyrrole nitrogens is 1. The van der Waals surface area contributed by atoms with Crippen molar-refractivity contribution in [2.45, 2.75) is 33.7 Å². The molecule has 0 saturated carbocycles. The maximum Gasteiger partial charge on any atom is 0.128 e. The van der Waals surface area contributed by atoms with Crippen LogP contribution in [0.15, 0.2) is 12.3 Å². The lowest BCUT2D eigenvalue weighted by molar-refractivity contribution is 0.800. The van der Waals surface area contributed by atoms with Gasteiger partial charge in [-0.25, -0.2) is 9.97 Å². The van der Waals surface area contributed by atoms with Gasteiger partial charge in [0.15, 0.2) is 0 Å². The third-order valence-electron chi connectivity index (χ3n) is 3.01. The van der Waals surface area contributed by atoms with Crippen LogP contribution in [0.3, 0.4) is 0 Å². The van der Waals surface area contributed by atoms with Gasteiger partial charge in [-0.2, -0.15) is 5.26 Å². The Labute approximate surface area is 112 Å². The molecule has 2 aromatic heterocycles. The lowest BCUT2D eigenvalue weighted by atomic mass is 10.1. The van der Waals surface area contributed by atoms with Crippen LogP contribution in [0.2, 0.25) is 0 Å². The number of aryl methyl sites for hydroxylation is 3. The first kappa shape index (κ1) is 13.1. The van der Waals surface area contributed by atoms with E-state index in [1.54, 1.807) is 6.20 Å². The van der Waals surface area contributed by atoms with Crippen molar-refractivity contribution >= 4 is 5.82 Å². The van der Waals surface area contributed by atoms with Gasteiger partial charge in [-0.15, -0.1) is 0 Å². The smallest absolute Gasteiger partial charge is 0.128 e. The zero-order chi connectivity index (χ0) is 14.0. The number of hydrogen-bond acceptors (Lipinski definition) is 4. The van der Waals surface area contributed by atoms with Crippen LogP contribution in [-0.4, -0.2) is 15.0 Å². The van der Waals surface area contributed by atoms with E-state index in [1.165, 1.54) is 0 Å². The van der Waals surface area contributed by atoms with E-state index in [-0.39, 0.29) is 6.04 Å². The van der Waals surface area contributed by atoms with Crippen molar-refractivity contribution in [3.63, 3.8) is 0 Å². The molecule has 2 rings (SSSR count). The molecule has 5 nitrogen and oxygen atoms in total. The highest BCUT2D eigenvalue weighted by atomic mass is 15.1. The van der Waals surface area contributed by atoms with Gasteiger partial charge >= 0.3 is 0 Å². The molecule has 0 aliphatic rings. The lowest BCUT2D eigenvalue weighted by Gasteiger charge is -2.14. The minimum absolute atomic E-state index is 0.0351. The summed E-state index contributed by atoms with van der Waals surface area (Å²) < 4.78 is 0. The maximum atomic E-state index is 9.03. The normalized spacial score (nSPS) is 11.9. The molecule has 2 aromatic rings. The van der Waals surface area contributed by atoms with Crippen LogP contribution < -0.4 is 5.32 Å². The Morgan fingerprint density at radius 2 is 2.11 bits per heavy atom. The van der Waals surface area contributed by atoms with E-state index in [4.69, 9.17) is 5.26 Å². The first-order valence-corrected chi connectivity index (χ1v) is 6.17. The average molecular weight is 255 g/mol. The van der Waals surface area contributed by atoms with Gasteiger partial charge in [0, 0.05) is 11.9 Å². The van der Waals surface area contributed by atoms with E-state index in [0.717, 1.165) is 28.6 Å². The number of nitrogens with one attached hydrogen (secondary N) is 2. The monoisotopic (exact) mass is 255 g/mol. The average Bonchev–Trinajstić information content (AvgIpc) is 2.75. The van der Waals surface area contributed by atoms with Crippen molar-refractivity contribution in [2.75, 3.05) is 5.32 Å². The van der Waals surface area contributed by atoms with Crippen molar-refractivity contribution in [1.29, 1.82) is 5.26 Å². The Kier molecular flexibility index (Phi) is 3.52. The molecule has 1 unspecified atom stereocenters. The summed E-state index contributed by atoms with van der Waals surface area (Å²) in [5, 5.41) is 12.3. The second-order valence-electron chi connectivity index (χ2n) is 4.71. The number of nitriles is 1. The minimum Gasteiger partial charge on any atom is -0.360 e. The van der Waals surface area contributed by atoms with Crippen molar-refractivity contribution < 1.29 is 0 Å². The predicted octanol–water partition coefficient (Wildman–Crippen LogP) is 2.77. The predicted molar refractivity (Wildman–Crippen MR) is 73.8 cm³/mol. The van der Waals surface area contributed by atoms with Gasteiger partial charge in [-0.05, 0) is 39.3 Å². The molecule has 2 N–H and O–H groups in total. The molecule has 0 amide bonds. The molecule has 1 atom stereocenters. The molecule has 98 valence electrons. The van der Waals surface area contributed by atoms with Crippen LogP contribution in [0.4, 0.5) is 5.82 Å². The summed E-state index contributed by atoms with van der Waals surface area (Å²) in [7, 11) is 0. The summed E-state index contributed by atoms with van der Waals surface area (Å²) >= 11 is 0. The van der Waals surface area contributed by atoms with Gasteiger partial charge in [0.2, 0.25) is 0 Å². The topological polar surface area (TPSA) is 77.4 Å². The molecule has 0 aliphatic heterocycles. The number of imidazole rings is 1. The molecule has 0 spiro atoms. The zero-order valence-electron chi connectivity index (χ0n) is 11.6. The lowest BCUT2D eigenvalue weighted by Crippen LogP contribution is -2.10. The van der Waals surface area contributed by atoms with Gasteiger partial charge in [0.05, 0.1) is 17.3 Å². The molecular formula is C14H17N5. The molecule has 19 heavy (non-hydrogen) atoms. The summed E-state index contributed by atoms with van der Waals surface area (Å²) in [6.45, 7) is 7.75. The van der Waals surface area contributed by atoms with Crippen LogP contribution in [0.1, 0.15) is 41.3 Å². The Balaban J connectivity index is 2.23. The van der Waals surface area contributed by atoms with Gasteiger partial charge in [0.25, 0.3) is 0 Å². The summed E-state index contributed by atoms with van der Waals surface area (Å²) in [6, 6.07) is 4.09. The molecular weight excluding hydrogens is 238 g/mol. The van der Waals surface area contributed by atoms with Gasteiger partial charge < -0.3 is 10.3 Å². The van der Waals surface area contributed by atoms with Crippen LogP contribution in [-0.2, 0) is 0 Å². The molecule has 2 heterocycles. The first-order chi connectivity index (χ1) is 9.01. The molecule has 5 heteroatoms. The van der Waals surface area contributed by atoms with Gasteiger partial charge in [0.1, 0.15) is 17.7 Å². The minimum atomic E-state index is 0.0351.